The van der Waals surface area contributed by atoms with Gasteiger partial charge in [0.2, 0.25) is 5.89 Å². The summed E-state index contributed by atoms with van der Waals surface area (Å²) in [5.41, 5.74) is 6.62. The summed E-state index contributed by atoms with van der Waals surface area (Å²) in [5.74, 6) is 2.51. The highest BCUT2D eigenvalue weighted by atomic mass is 16.5. The van der Waals surface area contributed by atoms with Crippen LogP contribution in [0.15, 0.2) is 4.52 Å². The quantitative estimate of drug-likeness (QED) is 0.893. The summed E-state index contributed by atoms with van der Waals surface area (Å²) in [4.78, 5) is 4.54. The molecule has 0 radical (unpaired) electrons. The third-order valence-corrected chi connectivity index (χ3v) is 4.73. The summed E-state index contributed by atoms with van der Waals surface area (Å²) in [6.07, 6.45) is 7.48. The van der Waals surface area contributed by atoms with Gasteiger partial charge in [-0.2, -0.15) is 4.98 Å². The second kappa shape index (κ2) is 4.34. The fourth-order valence-corrected chi connectivity index (χ4v) is 3.13. The molecule has 4 nitrogen and oxygen atoms in total. The number of nitrogens with two attached hydrogens (primary N) is 1. The normalized spacial score (nSPS) is 29.2. The maximum absolute atomic E-state index is 6.27. The molecule has 2 saturated carbocycles. The molecule has 4 heteroatoms. The van der Waals surface area contributed by atoms with Gasteiger partial charge in [0.15, 0.2) is 5.82 Å². The fourth-order valence-electron chi connectivity index (χ4n) is 3.13. The standard InChI is InChI=1S/C14H23N3O/c1-14(2)8-10(14)12-16-13(18-17-12)11(15)9-6-4-3-5-7-9/h9-11H,3-8,15H2,1-2H3. The topological polar surface area (TPSA) is 64.9 Å². The fraction of sp³-hybridized carbons (Fsp3) is 0.857. The van der Waals surface area contributed by atoms with Crippen molar-refractivity contribution in [3.8, 4) is 0 Å². The van der Waals surface area contributed by atoms with Crippen molar-refractivity contribution in [2.45, 2.75) is 64.3 Å². The molecule has 2 aliphatic rings. The number of hydrogen-bond donors (Lipinski definition) is 1. The molecule has 2 unspecified atom stereocenters. The van der Waals surface area contributed by atoms with Gasteiger partial charge < -0.3 is 10.3 Å². The first-order valence-electron chi connectivity index (χ1n) is 7.17. The lowest BCUT2D eigenvalue weighted by Gasteiger charge is -2.24. The average molecular weight is 249 g/mol. The van der Waals surface area contributed by atoms with Crippen LogP contribution in [0.25, 0.3) is 0 Å². The second-order valence-corrected chi connectivity index (χ2v) is 6.66. The Labute approximate surface area is 108 Å². The Morgan fingerprint density at radius 2 is 1.94 bits per heavy atom. The van der Waals surface area contributed by atoms with Gasteiger partial charge in [0.25, 0.3) is 0 Å². The van der Waals surface area contributed by atoms with Gasteiger partial charge in [0.05, 0.1) is 6.04 Å². The molecule has 0 amide bonds. The van der Waals surface area contributed by atoms with Crippen LogP contribution in [-0.2, 0) is 0 Å². The molecule has 2 N–H and O–H groups in total. The number of hydrogen-bond acceptors (Lipinski definition) is 4. The van der Waals surface area contributed by atoms with Crippen molar-refractivity contribution in [1.82, 2.24) is 10.1 Å². The van der Waals surface area contributed by atoms with Gasteiger partial charge in [-0.05, 0) is 30.6 Å². The van der Waals surface area contributed by atoms with E-state index in [1.807, 2.05) is 0 Å². The molecule has 0 saturated heterocycles. The van der Waals surface area contributed by atoms with Crippen LogP contribution in [0.5, 0.6) is 0 Å². The van der Waals surface area contributed by atoms with Gasteiger partial charge in [-0.15, -0.1) is 0 Å². The van der Waals surface area contributed by atoms with Gasteiger partial charge in [0.1, 0.15) is 0 Å². The Balaban J connectivity index is 1.69. The lowest BCUT2D eigenvalue weighted by molar-refractivity contribution is 0.255. The van der Waals surface area contributed by atoms with E-state index in [1.165, 1.54) is 32.1 Å². The predicted octanol–water partition coefficient (Wildman–Crippen LogP) is 3.16. The molecule has 2 atom stereocenters. The van der Waals surface area contributed by atoms with Crippen LogP contribution in [0.4, 0.5) is 0 Å². The van der Waals surface area contributed by atoms with Crippen LogP contribution < -0.4 is 5.73 Å². The van der Waals surface area contributed by atoms with Crippen LogP contribution in [-0.4, -0.2) is 10.1 Å². The molecule has 3 rings (SSSR count). The van der Waals surface area contributed by atoms with Crippen LogP contribution in [0.3, 0.4) is 0 Å². The summed E-state index contributed by atoms with van der Waals surface area (Å²) in [7, 11) is 0. The lowest BCUT2D eigenvalue weighted by Crippen LogP contribution is -2.23. The Morgan fingerprint density at radius 3 is 2.56 bits per heavy atom. The molecule has 100 valence electrons. The minimum absolute atomic E-state index is 0.0617. The molecular weight excluding hydrogens is 226 g/mol. The molecular formula is C14H23N3O. The first-order valence-corrected chi connectivity index (χ1v) is 7.17. The molecule has 18 heavy (non-hydrogen) atoms. The van der Waals surface area contributed by atoms with Gasteiger partial charge >= 0.3 is 0 Å². The minimum Gasteiger partial charge on any atom is -0.338 e. The molecule has 0 bridgehead atoms. The Morgan fingerprint density at radius 1 is 1.28 bits per heavy atom. The summed E-state index contributed by atoms with van der Waals surface area (Å²) < 4.78 is 5.39. The van der Waals surface area contributed by atoms with Crippen LogP contribution in [0.1, 0.15) is 76.0 Å². The zero-order chi connectivity index (χ0) is 12.8. The molecule has 0 aliphatic heterocycles. The molecule has 2 aliphatic carbocycles. The van der Waals surface area contributed by atoms with Crippen molar-refractivity contribution in [1.29, 1.82) is 0 Å². The van der Waals surface area contributed by atoms with E-state index in [9.17, 15) is 0 Å². The highest BCUT2D eigenvalue weighted by Gasteiger charge is 2.49. The predicted molar refractivity (Wildman–Crippen MR) is 68.9 cm³/mol. The van der Waals surface area contributed by atoms with E-state index >= 15 is 0 Å². The molecule has 2 fully saturated rings. The van der Waals surface area contributed by atoms with E-state index in [0.717, 1.165) is 12.2 Å². The van der Waals surface area contributed by atoms with Crippen molar-refractivity contribution in [3.63, 3.8) is 0 Å². The lowest BCUT2D eigenvalue weighted by atomic mass is 9.84. The summed E-state index contributed by atoms with van der Waals surface area (Å²) in [6, 6.07) is -0.0617. The highest BCUT2D eigenvalue weighted by molar-refractivity contribution is 5.14. The van der Waals surface area contributed by atoms with E-state index in [0.29, 0.717) is 23.1 Å². The largest absolute Gasteiger partial charge is 0.338 e. The second-order valence-electron chi connectivity index (χ2n) is 6.66. The van der Waals surface area contributed by atoms with Crippen molar-refractivity contribution < 1.29 is 4.52 Å². The van der Waals surface area contributed by atoms with Crippen molar-refractivity contribution >= 4 is 0 Å². The highest BCUT2D eigenvalue weighted by Crippen LogP contribution is 2.57. The monoisotopic (exact) mass is 249 g/mol. The molecule has 1 aromatic heterocycles. The maximum atomic E-state index is 6.27. The van der Waals surface area contributed by atoms with E-state index in [-0.39, 0.29) is 6.04 Å². The van der Waals surface area contributed by atoms with Gasteiger partial charge in [-0.1, -0.05) is 38.3 Å². The third-order valence-electron chi connectivity index (χ3n) is 4.73. The SMILES string of the molecule is CC1(C)CC1c1noc(C(N)C2CCCCC2)n1. The van der Waals surface area contributed by atoms with E-state index in [1.54, 1.807) is 0 Å². The van der Waals surface area contributed by atoms with Gasteiger partial charge in [0, 0.05) is 5.92 Å². The van der Waals surface area contributed by atoms with E-state index in [2.05, 4.69) is 24.0 Å². The maximum Gasteiger partial charge on any atom is 0.243 e. The number of nitrogens with zero attached hydrogens (tertiary/aromatic N) is 2. The van der Waals surface area contributed by atoms with Gasteiger partial charge in [-0.25, -0.2) is 0 Å². The average Bonchev–Trinajstić information content (AvgIpc) is 2.80. The van der Waals surface area contributed by atoms with Crippen molar-refractivity contribution in [2.75, 3.05) is 0 Å². The van der Waals surface area contributed by atoms with Crippen LogP contribution in [0.2, 0.25) is 0 Å². The summed E-state index contributed by atoms with van der Waals surface area (Å²) in [5, 5.41) is 4.12. The van der Waals surface area contributed by atoms with E-state index in [4.69, 9.17) is 10.3 Å². The Hall–Kier alpha value is -0.900. The third kappa shape index (κ3) is 2.18. The molecule has 0 spiro atoms. The van der Waals surface area contributed by atoms with Crippen molar-refractivity contribution in [3.05, 3.63) is 11.7 Å². The number of rotatable bonds is 3. The molecule has 0 aromatic carbocycles. The van der Waals surface area contributed by atoms with Gasteiger partial charge in [-0.3, -0.25) is 0 Å². The smallest absolute Gasteiger partial charge is 0.243 e. The van der Waals surface area contributed by atoms with Crippen molar-refractivity contribution in [2.24, 2.45) is 17.1 Å². The Bertz CT molecular complexity index is 420. The summed E-state index contributed by atoms with van der Waals surface area (Å²) >= 11 is 0. The Kier molecular flexibility index (Phi) is 2.93. The first kappa shape index (κ1) is 12.2. The van der Waals surface area contributed by atoms with E-state index < -0.39 is 0 Å². The van der Waals surface area contributed by atoms with Crippen LogP contribution >= 0.6 is 0 Å². The minimum atomic E-state index is -0.0617. The summed E-state index contributed by atoms with van der Waals surface area (Å²) in [6.45, 7) is 4.49. The zero-order valence-corrected chi connectivity index (χ0v) is 11.4. The molecule has 1 heterocycles. The zero-order valence-electron chi connectivity index (χ0n) is 11.4. The number of aromatic nitrogens is 2. The van der Waals surface area contributed by atoms with Crippen LogP contribution in [0, 0.1) is 11.3 Å². The first-order chi connectivity index (χ1) is 8.58. The molecule has 1 aromatic rings.